The highest BCUT2D eigenvalue weighted by atomic mass is 16.5. The van der Waals surface area contributed by atoms with E-state index in [4.69, 9.17) is 9.15 Å². The number of aryl methyl sites for hydroxylation is 1. The number of rotatable bonds is 3. The van der Waals surface area contributed by atoms with Crippen molar-refractivity contribution in [1.82, 2.24) is 4.98 Å². The fraction of sp³-hybridized carbons (Fsp3) is 0.188. The molecular formula is C16H15NO3. The number of fused-ring (bicyclic) bond motifs is 1. The van der Waals surface area contributed by atoms with Crippen molar-refractivity contribution < 1.29 is 14.3 Å². The summed E-state index contributed by atoms with van der Waals surface area (Å²) in [7, 11) is 0. The molecule has 4 nitrogen and oxygen atoms in total. The molecule has 1 heterocycles. The van der Waals surface area contributed by atoms with Crippen LogP contribution in [0.2, 0.25) is 0 Å². The number of aromatic nitrogens is 1. The van der Waals surface area contributed by atoms with Crippen molar-refractivity contribution in [1.29, 1.82) is 0 Å². The summed E-state index contributed by atoms with van der Waals surface area (Å²) in [5.41, 5.74) is 3.57. The van der Waals surface area contributed by atoms with Crippen LogP contribution in [-0.2, 0) is 6.61 Å². The number of hydrogen-bond acceptors (Lipinski definition) is 4. The molecule has 3 aromatic rings. The SMILES string of the molecule is Cc1cccc(OCc2nc3cc(O)ccc3o2)c1C. The highest BCUT2D eigenvalue weighted by Crippen LogP contribution is 2.24. The molecule has 4 heteroatoms. The first-order valence-electron chi connectivity index (χ1n) is 6.41. The molecule has 2 aromatic carbocycles. The molecule has 1 aromatic heterocycles. The van der Waals surface area contributed by atoms with Gasteiger partial charge in [-0.25, -0.2) is 4.98 Å². The maximum atomic E-state index is 9.40. The Hall–Kier alpha value is -2.49. The molecule has 102 valence electrons. The normalized spacial score (nSPS) is 10.9. The zero-order valence-corrected chi connectivity index (χ0v) is 11.4. The molecule has 0 atom stereocenters. The molecule has 0 spiro atoms. The first-order valence-corrected chi connectivity index (χ1v) is 6.41. The third kappa shape index (κ3) is 2.32. The summed E-state index contributed by atoms with van der Waals surface area (Å²) in [6.45, 7) is 4.33. The van der Waals surface area contributed by atoms with Crippen molar-refractivity contribution in [3.8, 4) is 11.5 Å². The zero-order chi connectivity index (χ0) is 14.1. The lowest BCUT2D eigenvalue weighted by Crippen LogP contribution is -1.98. The van der Waals surface area contributed by atoms with Crippen LogP contribution in [0.5, 0.6) is 11.5 Å². The highest BCUT2D eigenvalue weighted by molar-refractivity contribution is 5.74. The van der Waals surface area contributed by atoms with Gasteiger partial charge in [-0.15, -0.1) is 0 Å². The Kier molecular flexibility index (Phi) is 3.06. The van der Waals surface area contributed by atoms with E-state index in [1.165, 1.54) is 5.56 Å². The predicted octanol–water partition coefficient (Wildman–Crippen LogP) is 3.73. The minimum atomic E-state index is 0.174. The second kappa shape index (κ2) is 4.89. The number of phenols is 1. The maximum Gasteiger partial charge on any atom is 0.233 e. The van der Waals surface area contributed by atoms with Crippen molar-refractivity contribution in [3.05, 3.63) is 53.4 Å². The summed E-state index contributed by atoms with van der Waals surface area (Å²) in [4.78, 5) is 4.29. The Morgan fingerprint density at radius 2 is 2.05 bits per heavy atom. The van der Waals surface area contributed by atoms with E-state index in [2.05, 4.69) is 4.98 Å². The first kappa shape index (κ1) is 12.5. The second-order valence-electron chi connectivity index (χ2n) is 4.75. The van der Waals surface area contributed by atoms with Gasteiger partial charge in [0, 0.05) is 6.07 Å². The van der Waals surface area contributed by atoms with Crippen LogP contribution in [0.15, 0.2) is 40.8 Å². The van der Waals surface area contributed by atoms with E-state index in [-0.39, 0.29) is 12.4 Å². The number of ether oxygens (including phenoxy) is 1. The molecule has 20 heavy (non-hydrogen) atoms. The summed E-state index contributed by atoms with van der Waals surface area (Å²) >= 11 is 0. The molecule has 0 amide bonds. The number of benzene rings is 2. The summed E-state index contributed by atoms with van der Waals surface area (Å²) in [5.74, 6) is 1.49. The molecule has 0 aliphatic heterocycles. The van der Waals surface area contributed by atoms with Gasteiger partial charge in [-0.1, -0.05) is 12.1 Å². The molecule has 3 rings (SSSR count). The minimum absolute atomic E-state index is 0.174. The summed E-state index contributed by atoms with van der Waals surface area (Å²) in [6.07, 6.45) is 0. The van der Waals surface area contributed by atoms with E-state index in [0.29, 0.717) is 17.0 Å². The van der Waals surface area contributed by atoms with Crippen LogP contribution >= 0.6 is 0 Å². The summed E-state index contributed by atoms with van der Waals surface area (Å²) in [5, 5.41) is 9.40. The van der Waals surface area contributed by atoms with Crippen LogP contribution in [0.3, 0.4) is 0 Å². The summed E-state index contributed by atoms with van der Waals surface area (Å²) < 4.78 is 11.3. The van der Waals surface area contributed by atoms with Gasteiger partial charge in [0.15, 0.2) is 12.2 Å². The second-order valence-corrected chi connectivity index (χ2v) is 4.75. The number of hydrogen-bond donors (Lipinski definition) is 1. The third-order valence-corrected chi connectivity index (χ3v) is 3.32. The molecule has 0 saturated heterocycles. The van der Waals surface area contributed by atoms with E-state index >= 15 is 0 Å². The van der Waals surface area contributed by atoms with Gasteiger partial charge in [0.1, 0.15) is 17.0 Å². The minimum Gasteiger partial charge on any atom is -0.508 e. The number of oxazole rings is 1. The molecule has 0 aliphatic rings. The standard InChI is InChI=1S/C16H15NO3/c1-10-4-3-5-14(11(10)2)19-9-16-17-13-8-12(18)6-7-15(13)20-16/h3-8,18H,9H2,1-2H3. The molecule has 0 fully saturated rings. The lowest BCUT2D eigenvalue weighted by atomic mass is 10.1. The zero-order valence-electron chi connectivity index (χ0n) is 11.4. The van der Waals surface area contributed by atoms with Crippen molar-refractivity contribution >= 4 is 11.1 Å². The fourth-order valence-electron chi connectivity index (χ4n) is 2.05. The number of phenolic OH excluding ortho intramolecular Hbond substituents is 1. The van der Waals surface area contributed by atoms with Crippen LogP contribution in [0.25, 0.3) is 11.1 Å². The van der Waals surface area contributed by atoms with Crippen LogP contribution in [-0.4, -0.2) is 10.1 Å². The van der Waals surface area contributed by atoms with Gasteiger partial charge in [-0.3, -0.25) is 0 Å². The first-order chi connectivity index (χ1) is 9.63. The van der Waals surface area contributed by atoms with Gasteiger partial charge in [-0.2, -0.15) is 0 Å². The number of aromatic hydroxyl groups is 1. The Morgan fingerprint density at radius 3 is 2.90 bits per heavy atom. The smallest absolute Gasteiger partial charge is 0.233 e. The van der Waals surface area contributed by atoms with Crippen LogP contribution in [0.1, 0.15) is 17.0 Å². The molecule has 0 saturated carbocycles. The van der Waals surface area contributed by atoms with Crippen molar-refractivity contribution in [3.63, 3.8) is 0 Å². The molecule has 0 unspecified atom stereocenters. The van der Waals surface area contributed by atoms with Gasteiger partial charge >= 0.3 is 0 Å². The largest absolute Gasteiger partial charge is 0.508 e. The Balaban J connectivity index is 1.81. The van der Waals surface area contributed by atoms with Gasteiger partial charge in [0.05, 0.1) is 0 Å². The predicted molar refractivity (Wildman–Crippen MR) is 75.9 cm³/mol. The van der Waals surface area contributed by atoms with Gasteiger partial charge in [0.25, 0.3) is 0 Å². The quantitative estimate of drug-likeness (QED) is 0.787. The van der Waals surface area contributed by atoms with Crippen molar-refractivity contribution in [2.24, 2.45) is 0 Å². The van der Waals surface area contributed by atoms with E-state index in [0.717, 1.165) is 11.3 Å². The maximum absolute atomic E-state index is 9.40. The molecular weight excluding hydrogens is 254 g/mol. The average molecular weight is 269 g/mol. The number of nitrogens with zero attached hydrogens (tertiary/aromatic N) is 1. The monoisotopic (exact) mass is 269 g/mol. The Bertz CT molecular complexity index is 762. The van der Waals surface area contributed by atoms with Crippen LogP contribution in [0, 0.1) is 13.8 Å². The van der Waals surface area contributed by atoms with E-state index < -0.39 is 0 Å². The van der Waals surface area contributed by atoms with E-state index in [9.17, 15) is 5.11 Å². The van der Waals surface area contributed by atoms with Gasteiger partial charge in [0.2, 0.25) is 5.89 Å². The van der Waals surface area contributed by atoms with Gasteiger partial charge < -0.3 is 14.3 Å². The van der Waals surface area contributed by atoms with Crippen LogP contribution in [0.4, 0.5) is 0 Å². The Morgan fingerprint density at radius 1 is 1.20 bits per heavy atom. The average Bonchev–Trinajstić information content (AvgIpc) is 2.82. The van der Waals surface area contributed by atoms with Crippen LogP contribution < -0.4 is 4.74 Å². The summed E-state index contributed by atoms with van der Waals surface area (Å²) in [6, 6.07) is 10.8. The van der Waals surface area contributed by atoms with Crippen molar-refractivity contribution in [2.45, 2.75) is 20.5 Å². The molecule has 0 bridgehead atoms. The van der Waals surface area contributed by atoms with E-state index in [1.54, 1.807) is 18.2 Å². The molecule has 0 aliphatic carbocycles. The fourth-order valence-corrected chi connectivity index (χ4v) is 2.05. The highest BCUT2D eigenvalue weighted by Gasteiger charge is 2.08. The molecule has 1 N–H and O–H groups in total. The third-order valence-electron chi connectivity index (χ3n) is 3.32. The Labute approximate surface area is 116 Å². The van der Waals surface area contributed by atoms with Gasteiger partial charge in [-0.05, 0) is 43.2 Å². The lowest BCUT2D eigenvalue weighted by molar-refractivity contribution is 0.265. The topological polar surface area (TPSA) is 55.5 Å². The lowest BCUT2D eigenvalue weighted by Gasteiger charge is -2.08. The van der Waals surface area contributed by atoms with E-state index in [1.807, 2.05) is 32.0 Å². The molecule has 0 radical (unpaired) electrons. The van der Waals surface area contributed by atoms with Crippen molar-refractivity contribution in [2.75, 3.05) is 0 Å².